The van der Waals surface area contributed by atoms with Crippen LogP contribution in [0.4, 0.5) is 0 Å². The second-order valence-corrected chi connectivity index (χ2v) is 6.30. The molecule has 0 fully saturated rings. The Balaban J connectivity index is 1.90. The molecular formula is C17H21NO3S. The number of aliphatic hydroxyl groups excluding tert-OH is 1. The summed E-state index contributed by atoms with van der Waals surface area (Å²) in [4.78, 5) is 12.1. The Bertz CT molecular complexity index is 596. The quantitative estimate of drug-likeness (QED) is 0.823. The fraction of sp³-hybridized carbons (Fsp3) is 0.353. The van der Waals surface area contributed by atoms with Crippen molar-refractivity contribution in [2.45, 2.75) is 20.0 Å². The first-order chi connectivity index (χ1) is 10.6. The molecule has 0 aliphatic carbocycles. The minimum absolute atomic E-state index is 0.187. The molecule has 0 radical (unpaired) electrons. The average Bonchev–Trinajstić information content (AvgIpc) is 3.05. The number of ether oxygens (including phenoxy) is 1. The largest absolute Gasteiger partial charge is 0.493 e. The SMILES string of the molecule is CC(C)COc1cccc(C(=O)NCC(O)c2ccsc2)c1. The molecule has 0 aliphatic rings. The predicted octanol–water partition coefficient (Wildman–Crippen LogP) is 3.25. The number of carbonyl (C=O) groups excluding carboxylic acids is 1. The van der Waals surface area contributed by atoms with Gasteiger partial charge in [0.2, 0.25) is 0 Å². The summed E-state index contributed by atoms with van der Waals surface area (Å²) in [6.45, 7) is 4.94. The second kappa shape index (κ2) is 7.96. The van der Waals surface area contributed by atoms with Gasteiger partial charge in [-0.2, -0.15) is 11.3 Å². The lowest BCUT2D eigenvalue weighted by atomic mass is 10.1. The number of benzene rings is 1. The molecule has 22 heavy (non-hydrogen) atoms. The number of hydrogen-bond donors (Lipinski definition) is 2. The van der Waals surface area contributed by atoms with Crippen molar-refractivity contribution < 1.29 is 14.6 Å². The van der Waals surface area contributed by atoms with E-state index in [2.05, 4.69) is 19.2 Å². The lowest BCUT2D eigenvalue weighted by molar-refractivity contribution is 0.0916. The second-order valence-electron chi connectivity index (χ2n) is 5.52. The van der Waals surface area contributed by atoms with E-state index >= 15 is 0 Å². The standard InChI is InChI=1S/C17H21NO3S/c1-12(2)10-21-15-5-3-4-13(8-15)17(20)18-9-16(19)14-6-7-22-11-14/h3-8,11-12,16,19H,9-10H2,1-2H3,(H,18,20). The summed E-state index contributed by atoms with van der Waals surface area (Å²) in [5.41, 5.74) is 1.35. The Morgan fingerprint density at radius 3 is 2.86 bits per heavy atom. The summed E-state index contributed by atoms with van der Waals surface area (Å²) < 4.78 is 5.61. The summed E-state index contributed by atoms with van der Waals surface area (Å²) >= 11 is 1.52. The molecule has 1 aromatic carbocycles. The molecule has 0 saturated heterocycles. The first kappa shape index (κ1) is 16.5. The highest BCUT2D eigenvalue weighted by molar-refractivity contribution is 7.07. The van der Waals surface area contributed by atoms with Gasteiger partial charge < -0.3 is 15.2 Å². The zero-order valence-corrected chi connectivity index (χ0v) is 13.6. The highest BCUT2D eigenvalue weighted by atomic mass is 32.1. The Morgan fingerprint density at radius 2 is 2.18 bits per heavy atom. The van der Waals surface area contributed by atoms with E-state index in [1.54, 1.807) is 18.2 Å². The van der Waals surface area contributed by atoms with Crippen LogP contribution in [0.3, 0.4) is 0 Å². The first-order valence-corrected chi connectivity index (χ1v) is 8.21. The zero-order chi connectivity index (χ0) is 15.9. The Hall–Kier alpha value is -1.85. The molecule has 4 nitrogen and oxygen atoms in total. The molecule has 1 amide bonds. The van der Waals surface area contributed by atoms with Gasteiger partial charge in [0, 0.05) is 12.1 Å². The Morgan fingerprint density at radius 1 is 1.36 bits per heavy atom. The fourth-order valence-electron chi connectivity index (χ4n) is 1.86. The van der Waals surface area contributed by atoms with Gasteiger partial charge in [0.25, 0.3) is 5.91 Å². The maximum atomic E-state index is 12.1. The van der Waals surface area contributed by atoms with Crippen LogP contribution in [0.2, 0.25) is 0 Å². The van der Waals surface area contributed by atoms with E-state index in [1.807, 2.05) is 22.9 Å². The van der Waals surface area contributed by atoms with Gasteiger partial charge in [0.05, 0.1) is 12.7 Å². The number of thiophene rings is 1. The van der Waals surface area contributed by atoms with Crippen molar-refractivity contribution in [3.63, 3.8) is 0 Å². The monoisotopic (exact) mass is 319 g/mol. The van der Waals surface area contributed by atoms with Crippen molar-refractivity contribution in [3.8, 4) is 5.75 Å². The molecule has 0 bridgehead atoms. The molecule has 0 aliphatic heterocycles. The van der Waals surface area contributed by atoms with Gasteiger partial charge in [-0.05, 0) is 46.5 Å². The van der Waals surface area contributed by atoms with Crippen LogP contribution in [0.1, 0.15) is 35.9 Å². The third kappa shape index (κ3) is 4.86. The Kier molecular flexibility index (Phi) is 5.98. The third-order valence-corrected chi connectivity index (χ3v) is 3.76. The highest BCUT2D eigenvalue weighted by Gasteiger charge is 2.11. The van der Waals surface area contributed by atoms with E-state index in [1.165, 1.54) is 11.3 Å². The number of aliphatic hydroxyl groups is 1. The average molecular weight is 319 g/mol. The first-order valence-electron chi connectivity index (χ1n) is 7.27. The third-order valence-electron chi connectivity index (χ3n) is 3.06. The van der Waals surface area contributed by atoms with Gasteiger partial charge >= 0.3 is 0 Å². The van der Waals surface area contributed by atoms with Crippen LogP contribution >= 0.6 is 11.3 Å². The maximum Gasteiger partial charge on any atom is 0.251 e. The van der Waals surface area contributed by atoms with Crippen molar-refractivity contribution in [2.75, 3.05) is 13.2 Å². The molecule has 2 aromatic rings. The van der Waals surface area contributed by atoms with Gasteiger partial charge in [-0.1, -0.05) is 19.9 Å². The number of amides is 1. The van der Waals surface area contributed by atoms with E-state index in [0.717, 1.165) is 5.56 Å². The molecule has 0 saturated carbocycles. The van der Waals surface area contributed by atoms with Crippen LogP contribution in [0.15, 0.2) is 41.1 Å². The summed E-state index contributed by atoms with van der Waals surface area (Å²) in [5.74, 6) is 0.891. The van der Waals surface area contributed by atoms with Crippen molar-refractivity contribution >= 4 is 17.2 Å². The molecule has 1 heterocycles. The van der Waals surface area contributed by atoms with Gasteiger partial charge in [0.15, 0.2) is 0 Å². The van der Waals surface area contributed by atoms with Crippen LogP contribution < -0.4 is 10.1 Å². The van der Waals surface area contributed by atoms with Crippen LogP contribution in [0.5, 0.6) is 5.75 Å². The maximum absolute atomic E-state index is 12.1. The van der Waals surface area contributed by atoms with Gasteiger partial charge in [-0.25, -0.2) is 0 Å². The van der Waals surface area contributed by atoms with E-state index in [0.29, 0.717) is 23.8 Å². The summed E-state index contributed by atoms with van der Waals surface area (Å²) in [6, 6.07) is 8.92. The van der Waals surface area contributed by atoms with Gasteiger partial charge in [-0.3, -0.25) is 4.79 Å². The van der Waals surface area contributed by atoms with Crippen LogP contribution in [0, 0.1) is 5.92 Å². The molecule has 2 rings (SSSR count). The van der Waals surface area contributed by atoms with Gasteiger partial charge in [0.1, 0.15) is 5.75 Å². The van der Waals surface area contributed by atoms with Crippen LogP contribution in [-0.2, 0) is 0 Å². The van der Waals surface area contributed by atoms with Crippen molar-refractivity contribution in [1.82, 2.24) is 5.32 Å². The summed E-state index contributed by atoms with van der Waals surface area (Å²) in [5, 5.41) is 16.5. The lowest BCUT2D eigenvalue weighted by Crippen LogP contribution is -2.28. The highest BCUT2D eigenvalue weighted by Crippen LogP contribution is 2.16. The summed E-state index contributed by atoms with van der Waals surface area (Å²) in [7, 11) is 0. The van der Waals surface area contributed by atoms with Crippen LogP contribution in [0.25, 0.3) is 0 Å². The number of nitrogens with one attached hydrogen (secondary N) is 1. The summed E-state index contributed by atoms with van der Waals surface area (Å²) in [6.07, 6.45) is -0.685. The topological polar surface area (TPSA) is 58.6 Å². The zero-order valence-electron chi connectivity index (χ0n) is 12.8. The molecule has 2 N–H and O–H groups in total. The Labute approximate surface area is 134 Å². The van der Waals surface area contributed by atoms with Crippen molar-refractivity contribution in [1.29, 1.82) is 0 Å². The number of carbonyl (C=O) groups is 1. The lowest BCUT2D eigenvalue weighted by Gasteiger charge is -2.12. The molecule has 0 spiro atoms. The van der Waals surface area contributed by atoms with Gasteiger partial charge in [-0.15, -0.1) is 0 Å². The van der Waals surface area contributed by atoms with Crippen molar-refractivity contribution in [2.24, 2.45) is 5.92 Å². The molecule has 1 unspecified atom stereocenters. The van der Waals surface area contributed by atoms with E-state index in [4.69, 9.17) is 4.74 Å². The van der Waals surface area contributed by atoms with E-state index < -0.39 is 6.10 Å². The minimum atomic E-state index is -0.685. The smallest absolute Gasteiger partial charge is 0.251 e. The molecule has 1 atom stereocenters. The van der Waals surface area contributed by atoms with Crippen LogP contribution in [-0.4, -0.2) is 24.2 Å². The molecule has 118 valence electrons. The fourth-order valence-corrected chi connectivity index (χ4v) is 2.57. The normalized spacial score (nSPS) is 12.2. The minimum Gasteiger partial charge on any atom is -0.493 e. The van der Waals surface area contributed by atoms with E-state index in [9.17, 15) is 9.90 Å². The number of rotatable bonds is 7. The predicted molar refractivity (Wildman–Crippen MR) is 88.4 cm³/mol. The molecule has 1 aromatic heterocycles. The van der Waals surface area contributed by atoms with E-state index in [-0.39, 0.29) is 12.5 Å². The molecule has 5 heteroatoms. The number of hydrogen-bond acceptors (Lipinski definition) is 4. The molecular weight excluding hydrogens is 298 g/mol. The van der Waals surface area contributed by atoms with Crippen molar-refractivity contribution in [3.05, 3.63) is 52.2 Å².